The Morgan fingerprint density at radius 1 is 1.64 bits per heavy atom. The van der Waals surface area contributed by atoms with E-state index in [-0.39, 0.29) is 12.4 Å². The van der Waals surface area contributed by atoms with Gasteiger partial charge in [-0.1, -0.05) is 6.08 Å². The van der Waals surface area contributed by atoms with Crippen LogP contribution in [0.5, 0.6) is 0 Å². The first-order valence-electron chi connectivity index (χ1n) is 3.04. The van der Waals surface area contributed by atoms with Gasteiger partial charge < -0.3 is 0 Å². The molecule has 0 N–H and O–H groups in total. The van der Waals surface area contributed by atoms with Gasteiger partial charge in [0.2, 0.25) is 0 Å². The molecule has 0 radical (unpaired) electrons. The monoisotopic (exact) mass is 174 g/mol. The molecule has 4 heteroatoms. The Hall–Kier alpha value is -0.790. The van der Waals surface area contributed by atoms with Crippen LogP contribution in [0, 0.1) is 12.3 Å². The fourth-order valence-electron chi connectivity index (χ4n) is 0.420. The molecule has 0 aliphatic rings. The Labute approximate surface area is 67.2 Å². The molecular formula is C7H10O3S. The summed E-state index contributed by atoms with van der Waals surface area (Å²) in [5, 5.41) is 0. The van der Waals surface area contributed by atoms with Crippen molar-refractivity contribution < 1.29 is 12.6 Å². The van der Waals surface area contributed by atoms with Crippen LogP contribution in [0.3, 0.4) is 0 Å². The number of hydrogen-bond acceptors (Lipinski definition) is 3. The molecule has 0 aromatic rings. The summed E-state index contributed by atoms with van der Waals surface area (Å²) in [7, 11) is -3.42. The number of hydrogen-bond donors (Lipinski definition) is 0. The zero-order valence-corrected chi connectivity index (χ0v) is 6.93. The topological polar surface area (TPSA) is 43.4 Å². The first-order chi connectivity index (χ1) is 5.12. The standard InChI is InChI=1S/C7H10O3S/c1-3-5-6-10-11(8,9)7-4-2/h1,4H,2,5-7H2. The maximum absolute atomic E-state index is 10.7. The highest BCUT2D eigenvalue weighted by Crippen LogP contribution is 1.94. The van der Waals surface area contributed by atoms with Crippen LogP contribution in [0.25, 0.3) is 0 Å². The molecule has 0 aromatic carbocycles. The van der Waals surface area contributed by atoms with Crippen molar-refractivity contribution in [2.75, 3.05) is 12.4 Å². The van der Waals surface area contributed by atoms with E-state index in [9.17, 15) is 8.42 Å². The molecule has 0 spiro atoms. The van der Waals surface area contributed by atoms with Crippen molar-refractivity contribution in [3.05, 3.63) is 12.7 Å². The summed E-state index contributed by atoms with van der Waals surface area (Å²) >= 11 is 0. The molecule has 62 valence electrons. The lowest BCUT2D eigenvalue weighted by Crippen LogP contribution is -2.09. The van der Waals surface area contributed by atoms with E-state index < -0.39 is 10.1 Å². The van der Waals surface area contributed by atoms with Crippen molar-refractivity contribution in [1.29, 1.82) is 0 Å². The molecule has 3 nitrogen and oxygen atoms in total. The average molecular weight is 174 g/mol. The fourth-order valence-corrected chi connectivity index (χ4v) is 1.14. The van der Waals surface area contributed by atoms with Gasteiger partial charge in [-0.25, -0.2) is 0 Å². The van der Waals surface area contributed by atoms with E-state index >= 15 is 0 Å². The molecule has 11 heavy (non-hydrogen) atoms. The number of terminal acetylenes is 1. The maximum Gasteiger partial charge on any atom is 0.270 e. The first kappa shape index (κ1) is 10.2. The van der Waals surface area contributed by atoms with Gasteiger partial charge in [-0.15, -0.1) is 18.9 Å². The Bertz CT molecular complexity index is 245. The molecule has 0 saturated carbocycles. The molecule has 0 fully saturated rings. The van der Waals surface area contributed by atoms with Crippen molar-refractivity contribution in [2.24, 2.45) is 0 Å². The van der Waals surface area contributed by atoms with Crippen molar-refractivity contribution >= 4 is 10.1 Å². The molecule has 0 rings (SSSR count). The van der Waals surface area contributed by atoms with E-state index in [0.717, 1.165) is 0 Å². The number of rotatable bonds is 5. The summed E-state index contributed by atoms with van der Waals surface area (Å²) in [6.45, 7) is 3.32. The zero-order chi connectivity index (χ0) is 8.74. The second-order valence-corrected chi connectivity index (χ2v) is 3.47. The molecule has 0 amide bonds. The lowest BCUT2D eigenvalue weighted by Gasteiger charge is -1.98. The van der Waals surface area contributed by atoms with Crippen molar-refractivity contribution in [2.45, 2.75) is 6.42 Å². The van der Waals surface area contributed by atoms with Gasteiger partial charge in [-0.2, -0.15) is 8.42 Å². The predicted molar refractivity (Wildman–Crippen MR) is 43.4 cm³/mol. The van der Waals surface area contributed by atoms with Gasteiger partial charge in [-0.3, -0.25) is 4.18 Å². The van der Waals surface area contributed by atoms with E-state index in [1.165, 1.54) is 6.08 Å². The smallest absolute Gasteiger partial charge is 0.269 e. The first-order valence-corrected chi connectivity index (χ1v) is 4.61. The minimum absolute atomic E-state index is 0.0483. The summed E-state index contributed by atoms with van der Waals surface area (Å²) in [6, 6.07) is 0. The summed E-state index contributed by atoms with van der Waals surface area (Å²) < 4.78 is 26.0. The Morgan fingerprint density at radius 2 is 2.27 bits per heavy atom. The zero-order valence-electron chi connectivity index (χ0n) is 6.12. The van der Waals surface area contributed by atoms with Gasteiger partial charge in [0.1, 0.15) is 0 Å². The average Bonchev–Trinajstić information content (AvgIpc) is 1.87. The molecule has 0 aliphatic heterocycles. The van der Waals surface area contributed by atoms with Crippen LogP contribution in [0.15, 0.2) is 12.7 Å². The summed E-state index contributed by atoms with van der Waals surface area (Å²) in [5.41, 5.74) is 0. The molecule has 0 bridgehead atoms. The van der Waals surface area contributed by atoms with Gasteiger partial charge >= 0.3 is 0 Å². The van der Waals surface area contributed by atoms with E-state index in [1.807, 2.05) is 0 Å². The van der Waals surface area contributed by atoms with E-state index in [2.05, 4.69) is 16.7 Å². The van der Waals surface area contributed by atoms with Crippen LogP contribution >= 0.6 is 0 Å². The van der Waals surface area contributed by atoms with Crippen LogP contribution < -0.4 is 0 Å². The Morgan fingerprint density at radius 3 is 2.73 bits per heavy atom. The normalized spacial score (nSPS) is 10.5. The SMILES string of the molecule is C#CCCOS(=O)(=O)CC=C. The van der Waals surface area contributed by atoms with Crippen molar-refractivity contribution in [1.82, 2.24) is 0 Å². The molecule has 0 unspecified atom stereocenters. The highest BCUT2D eigenvalue weighted by atomic mass is 32.2. The highest BCUT2D eigenvalue weighted by Gasteiger charge is 2.06. The fraction of sp³-hybridized carbons (Fsp3) is 0.429. The van der Waals surface area contributed by atoms with Crippen LogP contribution in [0.2, 0.25) is 0 Å². The molecule has 0 saturated heterocycles. The Kier molecular flexibility index (Phi) is 4.59. The summed E-state index contributed by atoms with van der Waals surface area (Å²) in [6.07, 6.45) is 6.46. The van der Waals surface area contributed by atoms with Crippen molar-refractivity contribution in [3.8, 4) is 12.3 Å². The summed E-state index contributed by atoms with van der Waals surface area (Å²) in [5.74, 6) is 2.10. The third-order valence-electron chi connectivity index (χ3n) is 0.831. The van der Waals surface area contributed by atoms with E-state index in [0.29, 0.717) is 6.42 Å². The molecular weight excluding hydrogens is 164 g/mol. The lowest BCUT2D eigenvalue weighted by atomic mass is 10.5. The Balaban J connectivity index is 3.76. The van der Waals surface area contributed by atoms with Gasteiger partial charge in [0, 0.05) is 6.42 Å². The molecule has 0 atom stereocenters. The molecule has 0 aliphatic carbocycles. The molecule has 0 aromatic heterocycles. The van der Waals surface area contributed by atoms with Gasteiger partial charge in [-0.05, 0) is 0 Å². The van der Waals surface area contributed by atoms with Gasteiger partial charge in [0.25, 0.3) is 10.1 Å². The minimum Gasteiger partial charge on any atom is -0.269 e. The van der Waals surface area contributed by atoms with Crippen LogP contribution in [-0.4, -0.2) is 20.8 Å². The van der Waals surface area contributed by atoms with Crippen LogP contribution in [0.4, 0.5) is 0 Å². The quantitative estimate of drug-likeness (QED) is 0.264. The van der Waals surface area contributed by atoms with E-state index in [4.69, 9.17) is 6.42 Å². The highest BCUT2D eigenvalue weighted by molar-refractivity contribution is 7.86. The lowest BCUT2D eigenvalue weighted by molar-refractivity contribution is 0.328. The van der Waals surface area contributed by atoms with Crippen LogP contribution in [-0.2, 0) is 14.3 Å². The summed E-state index contributed by atoms with van der Waals surface area (Å²) in [4.78, 5) is 0. The third-order valence-corrected chi connectivity index (χ3v) is 2.00. The largest absolute Gasteiger partial charge is 0.270 e. The second kappa shape index (κ2) is 4.94. The van der Waals surface area contributed by atoms with Crippen molar-refractivity contribution in [3.63, 3.8) is 0 Å². The minimum atomic E-state index is -3.42. The second-order valence-electron chi connectivity index (χ2n) is 1.79. The van der Waals surface area contributed by atoms with Gasteiger partial charge in [0.15, 0.2) is 0 Å². The van der Waals surface area contributed by atoms with Crippen LogP contribution in [0.1, 0.15) is 6.42 Å². The maximum atomic E-state index is 10.7. The third kappa shape index (κ3) is 5.64. The van der Waals surface area contributed by atoms with E-state index in [1.54, 1.807) is 0 Å². The van der Waals surface area contributed by atoms with Gasteiger partial charge in [0.05, 0.1) is 12.4 Å². The predicted octanol–water partition coefficient (Wildman–Crippen LogP) is 0.542. The molecule has 0 heterocycles.